The Labute approximate surface area is 101 Å². The first kappa shape index (κ1) is 12.8. The maximum absolute atomic E-state index is 10.9. The van der Waals surface area contributed by atoms with Gasteiger partial charge in [-0.3, -0.25) is 0 Å². The third-order valence-corrected chi connectivity index (χ3v) is 3.69. The largest absolute Gasteiger partial charge is 0.479 e. The number of hydrogen-bond donors (Lipinski definition) is 2. The van der Waals surface area contributed by atoms with Gasteiger partial charge in [0.1, 0.15) is 0 Å². The van der Waals surface area contributed by atoms with Crippen LogP contribution in [0.5, 0.6) is 0 Å². The number of piperidine rings is 1. The van der Waals surface area contributed by atoms with E-state index < -0.39 is 12.1 Å². The molecule has 2 heterocycles. The molecule has 2 atom stereocenters. The van der Waals surface area contributed by atoms with Gasteiger partial charge in [-0.15, -0.1) is 0 Å². The van der Waals surface area contributed by atoms with Gasteiger partial charge >= 0.3 is 5.97 Å². The summed E-state index contributed by atoms with van der Waals surface area (Å²) in [7, 11) is 0. The molecule has 2 saturated heterocycles. The summed E-state index contributed by atoms with van der Waals surface area (Å²) in [4.78, 5) is 10.9. The number of carboxylic acid groups (broad SMARTS) is 1. The molecule has 0 amide bonds. The van der Waals surface area contributed by atoms with E-state index >= 15 is 0 Å². The zero-order valence-corrected chi connectivity index (χ0v) is 10.3. The quantitative estimate of drug-likeness (QED) is 0.763. The van der Waals surface area contributed by atoms with Crippen molar-refractivity contribution in [2.24, 2.45) is 0 Å². The molecule has 5 nitrogen and oxygen atoms in total. The summed E-state index contributed by atoms with van der Waals surface area (Å²) in [6.07, 6.45) is 2.57. The first-order valence-corrected chi connectivity index (χ1v) is 6.38. The lowest BCUT2D eigenvalue weighted by Crippen LogP contribution is -2.41. The van der Waals surface area contributed by atoms with E-state index in [4.69, 9.17) is 14.6 Å². The number of carboxylic acids is 1. The van der Waals surface area contributed by atoms with E-state index in [0.29, 0.717) is 13.0 Å². The fraction of sp³-hybridized carbons (Fsp3) is 0.917. The Morgan fingerprint density at radius 3 is 2.88 bits per heavy atom. The van der Waals surface area contributed by atoms with E-state index in [0.717, 1.165) is 32.4 Å². The maximum Gasteiger partial charge on any atom is 0.332 e. The topological polar surface area (TPSA) is 67.8 Å². The van der Waals surface area contributed by atoms with Crippen molar-refractivity contribution < 1.29 is 19.4 Å². The third-order valence-electron chi connectivity index (χ3n) is 3.69. The summed E-state index contributed by atoms with van der Waals surface area (Å²) in [5.74, 6) is -0.876. The van der Waals surface area contributed by atoms with Crippen LogP contribution in [0.25, 0.3) is 0 Å². The van der Waals surface area contributed by atoms with Crippen molar-refractivity contribution in [2.45, 2.75) is 50.4 Å². The molecular formula is C12H21NO4. The minimum absolute atomic E-state index is 0.0610. The molecule has 2 N–H and O–H groups in total. The van der Waals surface area contributed by atoms with Gasteiger partial charge in [-0.05, 0) is 32.4 Å². The lowest BCUT2D eigenvalue weighted by atomic mass is 9.89. The molecule has 0 bridgehead atoms. The van der Waals surface area contributed by atoms with Crippen molar-refractivity contribution in [2.75, 3.05) is 19.7 Å². The minimum atomic E-state index is -0.876. The zero-order valence-electron chi connectivity index (χ0n) is 10.3. The Hall–Kier alpha value is -0.650. The van der Waals surface area contributed by atoms with Crippen molar-refractivity contribution in [1.29, 1.82) is 0 Å². The number of ether oxygens (including phenoxy) is 2. The highest BCUT2D eigenvalue weighted by atomic mass is 16.6. The van der Waals surface area contributed by atoms with Crippen LogP contribution in [0.1, 0.15) is 32.6 Å². The predicted octanol–water partition coefficient (Wildman–Crippen LogP) is 0.777. The highest BCUT2D eigenvalue weighted by Gasteiger charge is 2.42. The van der Waals surface area contributed by atoms with Crippen molar-refractivity contribution in [3.8, 4) is 0 Å². The molecule has 2 fully saturated rings. The Kier molecular flexibility index (Phi) is 4.01. The van der Waals surface area contributed by atoms with Gasteiger partial charge < -0.3 is 19.9 Å². The van der Waals surface area contributed by atoms with Crippen LogP contribution in [-0.4, -0.2) is 48.6 Å². The van der Waals surface area contributed by atoms with E-state index in [-0.39, 0.29) is 11.7 Å². The summed E-state index contributed by atoms with van der Waals surface area (Å²) in [6, 6.07) is 0. The van der Waals surface area contributed by atoms with Crippen LogP contribution < -0.4 is 5.32 Å². The smallest absolute Gasteiger partial charge is 0.332 e. The number of carbonyl (C=O) groups is 1. The standard InChI is InChI=1S/C12H21NO4/c1-2-10(11(14)15)17-9-7-12(16-8-9)3-5-13-6-4-12/h9-10,13H,2-8H2,1H3,(H,14,15). The molecule has 17 heavy (non-hydrogen) atoms. The molecular weight excluding hydrogens is 222 g/mol. The maximum atomic E-state index is 10.9. The van der Waals surface area contributed by atoms with Crippen LogP contribution in [0.15, 0.2) is 0 Å². The summed E-state index contributed by atoms with van der Waals surface area (Å²) >= 11 is 0. The molecule has 5 heteroatoms. The molecule has 0 aromatic carbocycles. The fourth-order valence-electron chi connectivity index (χ4n) is 2.68. The van der Waals surface area contributed by atoms with Gasteiger partial charge in [0.05, 0.1) is 18.3 Å². The average molecular weight is 243 g/mol. The van der Waals surface area contributed by atoms with Gasteiger partial charge in [-0.2, -0.15) is 0 Å². The molecule has 0 radical (unpaired) electrons. The van der Waals surface area contributed by atoms with Gasteiger partial charge in [0.15, 0.2) is 6.10 Å². The van der Waals surface area contributed by atoms with Crippen molar-refractivity contribution in [3.05, 3.63) is 0 Å². The van der Waals surface area contributed by atoms with Gasteiger partial charge in [0.25, 0.3) is 0 Å². The fourth-order valence-corrected chi connectivity index (χ4v) is 2.68. The molecule has 2 aliphatic rings. The monoisotopic (exact) mass is 243 g/mol. The number of nitrogens with one attached hydrogen (secondary N) is 1. The Balaban J connectivity index is 1.86. The second-order valence-electron chi connectivity index (χ2n) is 4.94. The molecule has 0 saturated carbocycles. The van der Waals surface area contributed by atoms with E-state index in [1.165, 1.54) is 0 Å². The van der Waals surface area contributed by atoms with Crippen LogP contribution >= 0.6 is 0 Å². The molecule has 1 spiro atoms. The molecule has 0 aromatic rings. The van der Waals surface area contributed by atoms with Crippen molar-refractivity contribution in [3.63, 3.8) is 0 Å². The van der Waals surface area contributed by atoms with Gasteiger partial charge in [-0.1, -0.05) is 6.92 Å². The summed E-state index contributed by atoms with van der Waals surface area (Å²) in [5.41, 5.74) is -0.0628. The third kappa shape index (κ3) is 2.97. The minimum Gasteiger partial charge on any atom is -0.479 e. The van der Waals surface area contributed by atoms with E-state index in [2.05, 4.69) is 5.32 Å². The SMILES string of the molecule is CCC(OC1COC2(CCNCC2)C1)C(=O)O. The molecule has 2 unspecified atom stereocenters. The number of rotatable bonds is 4. The van der Waals surface area contributed by atoms with E-state index in [1.807, 2.05) is 6.92 Å². The zero-order chi connectivity index (χ0) is 12.3. The summed E-state index contributed by atoms with van der Waals surface area (Å²) in [5, 5.41) is 12.3. The normalized spacial score (nSPS) is 29.4. The molecule has 2 aliphatic heterocycles. The van der Waals surface area contributed by atoms with Gasteiger partial charge in [0.2, 0.25) is 0 Å². The van der Waals surface area contributed by atoms with E-state index in [1.54, 1.807) is 0 Å². The first-order chi connectivity index (χ1) is 8.15. The Morgan fingerprint density at radius 1 is 1.59 bits per heavy atom. The molecule has 98 valence electrons. The second kappa shape index (κ2) is 5.33. The van der Waals surface area contributed by atoms with Crippen LogP contribution in [0.2, 0.25) is 0 Å². The van der Waals surface area contributed by atoms with E-state index in [9.17, 15) is 4.79 Å². The lowest BCUT2D eigenvalue weighted by molar-refractivity contribution is -0.154. The number of aliphatic carboxylic acids is 1. The van der Waals surface area contributed by atoms with Crippen LogP contribution in [0.4, 0.5) is 0 Å². The predicted molar refractivity (Wildman–Crippen MR) is 62.0 cm³/mol. The summed E-state index contributed by atoms with van der Waals surface area (Å²) < 4.78 is 11.5. The average Bonchev–Trinajstić information content (AvgIpc) is 2.70. The molecule has 0 aliphatic carbocycles. The Morgan fingerprint density at radius 2 is 2.29 bits per heavy atom. The molecule has 0 aromatic heterocycles. The first-order valence-electron chi connectivity index (χ1n) is 6.38. The van der Waals surface area contributed by atoms with Crippen LogP contribution in [0, 0.1) is 0 Å². The van der Waals surface area contributed by atoms with Crippen LogP contribution in [0.3, 0.4) is 0 Å². The Bertz CT molecular complexity index is 276. The van der Waals surface area contributed by atoms with Crippen molar-refractivity contribution >= 4 is 5.97 Å². The van der Waals surface area contributed by atoms with Gasteiger partial charge in [0, 0.05) is 6.42 Å². The van der Waals surface area contributed by atoms with Crippen molar-refractivity contribution in [1.82, 2.24) is 5.32 Å². The highest BCUT2D eigenvalue weighted by Crippen LogP contribution is 2.35. The summed E-state index contributed by atoms with van der Waals surface area (Å²) in [6.45, 7) is 4.31. The molecule has 2 rings (SSSR count). The van der Waals surface area contributed by atoms with Crippen LogP contribution in [-0.2, 0) is 14.3 Å². The van der Waals surface area contributed by atoms with Gasteiger partial charge in [-0.25, -0.2) is 4.79 Å². The highest BCUT2D eigenvalue weighted by molar-refractivity contribution is 5.72. The second-order valence-corrected chi connectivity index (χ2v) is 4.94. The lowest BCUT2D eigenvalue weighted by Gasteiger charge is -2.32. The number of hydrogen-bond acceptors (Lipinski definition) is 4.